The number of fused-ring (bicyclic) bond motifs is 1. The van der Waals surface area contributed by atoms with Crippen LogP contribution in [0.15, 0.2) is 82.2 Å². The number of aromatic carboxylic acids is 1. The molecule has 166 valence electrons. The Hall–Kier alpha value is -4.10. The van der Waals surface area contributed by atoms with Crippen LogP contribution in [0.1, 0.15) is 26.3 Å². The lowest BCUT2D eigenvalue weighted by atomic mass is 10.1. The summed E-state index contributed by atoms with van der Waals surface area (Å²) in [5.74, 6) is -0.816. The van der Waals surface area contributed by atoms with Gasteiger partial charge in [0, 0.05) is 23.0 Å². The molecule has 0 unspecified atom stereocenters. The van der Waals surface area contributed by atoms with Crippen molar-refractivity contribution in [2.24, 2.45) is 4.99 Å². The fourth-order valence-corrected chi connectivity index (χ4v) is 3.40. The van der Waals surface area contributed by atoms with Crippen molar-refractivity contribution in [1.29, 1.82) is 0 Å². The molecule has 0 atom stereocenters. The Morgan fingerprint density at radius 2 is 1.85 bits per heavy atom. The monoisotopic (exact) mass is 462 g/mol. The fourth-order valence-electron chi connectivity index (χ4n) is 3.19. The zero-order valence-electron chi connectivity index (χ0n) is 17.5. The van der Waals surface area contributed by atoms with E-state index >= 15 is 0 Å². The van der Waals surface area contributed by atoms with Crippen molar-refractivity contribution in [3.63, 3.8) is 0 Å². The van der Waals surface area contributed by atoms with Crippen LogP contribution in [0.3, 0.4) is 0 Å². The summed E-state index contributed by atoms with van der Waals surface area (Å²) in [6, 6.07) is 20.1. The van der Waals surface area contributed by atoms with Gasteiger partial charge in [-0.1, -0.05) is 23.7 Å². The fraction of sp³-hybridized carbons (Fsp3) is 0.0800. The first-order chi connectivity index (χ1) is 15.9. The van der Waals surface area contributed by atoms with Gasteiger partial charge >= 0.3 is 5.97 Å². The smallest absolute Gasteiger partial charge is 0.335 e. The average Bonchev–Trinajstić information content (AvgIpc) is 2.82. The van der Waals surface area contributed by atoms with E-state index in [0.29, 0.717) is 27.4 Å². The van der Waals surface area contributed by atoms with Crippen molar-refractivity contribution in [1.82, 2.24) is 5.32 Å². The maximum atomic E-state index is 13.1. The van der Waals surface area contributed by atoms with Crippen molar-refractivity contribution < 1.29 is 23.8 Å². The van der Waals surface area contributed by atoms with Crippen LogP contribution in [-0.2, 0) is 6.54 Å². The predicted octanol–water partition coefficient (Wildman–Crippen LogP) is 4.96. The number of carboxylic acid groups (broad SMARTS) is 1. The molecule has 1 amide bonds. The molecule has 1 aromatic heterocycles. The zero-order chi connectivity index (χ0) is 23.4. The quantitative estimate of drug-likeness (QED) is 0.422. The third-order valence-corrected chi connectivity index (χ3v) is 5.12. The highest BCUT2D eigenvalue weighted by Crippen LogP contribution is 2.21. The van der Waals surface area contributed by atoms with Gasteiger partial charge in [0.15, 0.2) is 0 Å². The maximum absolute atomic E-state index is 13.1. The van der Waals surface area contributed by atoms with E-state index in [9.17, 15) is 9.59 Å². The number of ether oxygens (including phenoxy) is 1. The van der Waals surface area contributed by atoms with Gasteiger partial charge in [0.25, 0.3) is 5.91 Å². The summed E-state index contributed by atoms with van der Waals surface area (Å²) in [7, 11) is 1.55. The molecule has 0 aliphatic heterocycles. The Kier molecular flexibility index (Phi) is 6.42. The zero-order valence-corrected chi connectivity index (χ0v) is 18.3. The van der Waals surface area contributed by atoms with Crippen LogP contribution in [0, 0.1) is 0 Å². The molecule has 1 heterocycles. The van der Waals surface area contributed by atoms with Crippen LogP contribution >= 0.6 is 11.6 Å². The molecule has 0 spiro atoms. The van der Waals surface area contributed by atoms with Crippen LogP contribution in [-0.4, -0.2) is 24.1 Å². The van der Waals surface area contributed by atoms with Gasteiger partial charge in [-0.05, 0) is 60.2 Å². The van der Waals surface area contributed by atoms with E-state index in [-0.39, 0.29) is 29.1 Å². The molecule has 0 saturated heterocycles. The third kappa shape index (κ3) is 5.22. The lowest BCUT2D eigenvalue weighted by Crippen LogP contribution is -2.28. The molecule has 7 nitrogen and oxygen atoms in total. The lowest BCUT2D eigenvalue weighted by molar-refractivity contribution is 0.0696. The molecule has 4 rings (SSSR count). The first-order valence-electron chi connectivity index (χ1n) is 9.95. The van der Waals surface area contributed by atoms with E-state index in [4.69, 9.17) is 25.9 Å². The summed E-state index contributed by atoms with van der Waals surface area (Å²) < 4.78 is 11.2. The molecule has 2 N–H and O–H groups in total. The Balaban J connectivity index is 1.75. The summed E-state index contributed by atoms with van der Waals surface area (Å²) in [6.07, 6.45) is 0. The van der Waals surface area contributed by atoms with Crippen molar-refractivity contribution >= 4 is 40.1 Å². The molecule has 8 heteroatoms. The Bertz CT molecular complexity index is 1410. The van der Waals surface area contributed by atoms with Gasteiger partial charge in [-0.25, -0.2) is 9.79 Å². The molecule has 33 heavy (non-hydrogen) atoms. The number of methoxy groups -OCH3 is 1. The first kappa shape index (κ1) is 22.1. The van der Waals surface area contributed by atoms with Crippen molar-refractivity contribution in [3.8, 4) is 5.75 Å². The van der Waals surface area contributed by atoms with Gasteiger partial charge in [0.1, 0.15) is 16.9 Å². The SMILES string of the molecule is COc1ccc2cc(C(=O)NCc3cccc(Cl)c3)c(=Nc3ccc(C(=O)O)cc3)oc2c1. The van der Waals surface area contributed by atoms with E-state index in [1.54, 1.807) is 55.6 Å². The second kappa shape index (κ2) is 9.58. The highest BCUT2D eigenvalue weighted by Gasteiger charge is 2.14. The predicted molar refractivity (Wildman–Crippen MR) is 124 cm³/mol. The molecule has 0 saturated carbocycles. The van der Waals surface area contributed by atoms with Crippen LogP contribution in [0.25, 0.3) is 11.0 Å². The van der Waals surface area contributed by atoms with E-state index in [2.05, 4.69) is 10.3 Å². The number of carboxylic acids is 1. The molecular weight excluding hydrogens is 444 g/mol. The summed E-state index contributed by atoms with van der Waals surface area (Å²) in [4.78, 5) is 28.6. The van der Waals surface area contributed by atoms with Gasteiger partial charge < -0.3 is 19.6 Å². The topological polar surface area (TPSA) is 101 Å². The molecule has 0 bridgehead atoms. The van der Waals surface area contributed by atoms with E-state index in [0.717, 1.165) is 5.56 Å². The summed E-state index contributed by atoms with van der Waals surface area (Å²) in [6.45, 7) is 0.271. The minimum atomic E-state index is -1.04. The molecule has 0 fully saturated rings. The van der Waals surface area contributed by atoms with Crippen molar-refractivity contribution in [3.05, 3.63) is 100 Å². The van der Waals surface area contributed by atoms with Crippen LogP contribution in [0.4, 0.5) is 5.69 Å². The highest BCUT2D eigenvalue weighted by atomic mass is 35.5. The molecule has 0 aliphatic rings. The van der Waals surface area contributed by atoms with Gasteiger partial charge in [0.05, 0.1) is 18.4 Å². The second-order valence-corrected chi connectivity index (χ2v) is 7.58. The standard InChI is InChI=1S/C25H19ClN2O5/c1-32-20-10-7-17-12-21(23(29)27-14-15-3-2-4-18(26)11-15)24(33-22(17)13-20)28-19-8-5-16(6-9-19)25(30)31/h2-13H,14H2,1H3,(H,27,29)(H,30,31). The van der Waals surface area contributed by atoms with Crippen LogP contribution < -0.4 is 15.6 Å². The number of amides is 1. The van der Waals surface area contributed by atoms with Gasteiger partial charge in [-0.15, -0.1) is 0 Å². The van der Waals surface area contributed by atoms with Crippen LogP contribution in [0.2, 0.25) is 5.02 Å². The minimum Gasteiger partial charge on any atom is -0.497 e. The summed E-state index contributed by atoms with van der Waals surface area (Å²) in [5, 5.41) is 13.2. The Morgan fingerprint density at radius 1 is 1.06 bits per heavy atom. The van der Waals surface area contributed by atoms with Crippen molar-refractivity contribution in [2.75, 3.05) is 7.11 Å². The number of carbonyl (C=O) groups excluding carboxylic acids is 1. The molecule has 0 aliphatic carbocycles. The van der Waals surface area contributed by atoms with E-state index in [1.807, 2.05) is 12.1 Å². The number of hydrogen-bond donors (Lipinski definition) is 2. The van der Waals surface area contributed by atoms with Gasteiger partial charge in [0.2, 0.25) is 5.55 Å². The summed E-state index contributed by atoms with van der Waals surface area (Å²) >= 11 is 6.02. The third-order valence-electron chi connectivity index (χ3n) is 4.89. The molecular formula is C25H19ClN2O5. The Morgan fingerprint density at radius 3 is 2.55 bits per heavy atom. The number of nitrogens with one attached hydrogen (secondary N) is 1. The minimum absolute atomic E-state index is 0.0856. The van der Waals surface area contributed by atoms with Gasteiger partial charge in [-0.3, -0.25) is 4.79 Å². The number of halogens is 1. The maximum Gasteiger partial charge on any atom is 0.335 e. The molecule has 3 aromatic carbocycles. The number of benzene rings is 3. The van der Waals surface area contributed by atoms with Gasteiger partial charge in [-0.2, -0.15) is 0 Å². The summed E-state index contributed by atoms with van der Waals surface area (Å²) in [5.41, 5.74) is 2.23. The van der Waals surface area contributed by atoms with Crippen molar-refractivity contribution in [2.45, 2.75) is 6.54 Å². The second-order valence-electron chi connectivity index (χ2n) is 7.15. The Labute approximate surface area is 193 Å². The number of hydrogen-bond acceptors (Lipinski definition) is 5. The largest absolute Gasteiger partial charge is 0.497 e. The normalized spacial score (nSPS) is 11.4. The average molecular weight is 463 g/mol. The lowest BCUT2D eigenvalue weighted by Gasteiger charge is -2.08. The number of rotatable bonds is 6. The number of carbonyl (C=O) groups is 2. The molecule has 0 radical (unpaired) electrons. The molecule has 4 aromatic rings. The van der Waals surface area contributed by atoms with Crippen LogP contribution in [0.5, 0.6) is 5.75 Å². The highest BCUT2D eigenvalue weighted by molar-refractivity contribution is 6.30. The van der Waals surface area contributed by atoms with E-state index in [1.165, 1.54) is 12.1 Å². The van der Waals surface area contributed by atoms with E-state index < -0.39 is 5.97 Å². The number of nitrogens with zero attached hydrogens (tertiary/aromatic N) is 1. The first-order valence-corrected chi connectivity index (χ1v) is 10.3.